The molecular weight excluding hydrogens is 256 g/mol. The highest BCUT2D eigenvalue weighted by molar-refractivity contribution is 5.55. The van der Waals surface area contributed by atoms with Gasteiger partial charge in [0.2, 0.25) is 12.5 Å². The maximum atomic E-state index is 6.10. The number of ether oxygens (including phenoxy) is 3. The Balaban J connectivity index is 1.77. The van der Waals surface area contributed by atoms with Gasteiger partial charge in [-0.05, 0) is 30.0 Å². The van der Waals surface area contributed by atoms with Gasteiger partial charge in [-0.15, -0.1) is 0 Å². The van der Waals surface area contributed by atoms with Crippen LogP contribution in [0, 0.1) is 5.92 Å². The third-order valence-corrected chi connectivity index (χ3v) is 3.89. The van der Waals surface area contributed by atoms with Crippen LogP contribution in [0.4, 0.5) is 0 Å². The maximum absolute atomic E-state index is 6.10. The van der Waals surface area contributed by atoms with Crippen molar-refractivity contribution >= 4 is 0 Å². The lowest BCUT2D eigenvalue weighted by molar-refractivity contribution is 0.158. The van der Waals surface area contributed by atoms with Crippen molar-refractivity contribution in [3.05, 3.63) is 17.7 Å². The van der Waals surface area contributed by atoms with E-state index in [1.807, 2.05) is 12.1 Å². The molecule has 0 aliphatic carbocycles. The number of rotatable bonds is 3. The molecule has 2 N–H and O–H groups in total. The topological polar surface area (TPSA) is 57.0 Å². The minimum absolute atomic E-state index is 0.265. The van der Waals surface area contributed by atoms with Crippen molar-refractivity contribution in [3.8, 4) is 17.2 Å². The first kappa shape index (κ1) is 13.5. The summed E-state index contributed by atoms with van der Waals surface area (Å²) in [6.07, 6.45) is 1.11. The van der Waals surface area contributed by atoms with Crippen LogP contribution < -0.4 is 19.9 Å². The molecular formula is C15H22N2O3. The van der Waals surface area contributed by atoms with Crippen molar-refractivity contribution in [2.75, 3.05) is 27.0 Å². The molecule has 2 heterocycles. The Hall–Kier alpha value is -1.46. The molecule has 2 unspecified atom stereocenters. The number of nitrogens with zero attached hydrogens (tertiary/aromatic N) is 1. The summed E-state index contributed by atoms with van der Waals surface area (Å²) in [4.78, 5) is 2.40. The van der Waals surface area contributed by atoms with Crippen molar-refractivity contribution in [1.29, 1.82) is 0 Å². The van der Waals surface area contributed by atoms with E-state index in [0.717, 1.165) is 37.6 Å². The van der Waals surface area contributed by atoms with E-state index in [9.17, 15) is 0 Å². The van der Waals surface area contributed by atoms with E-state index in [4.69, 9.17) is 19.9 Å². The number of piperidine rings is 1. The standard InChI is InChI=1S/C15H22N2O3/c1-10-3-12(16)8-17(6-10)7-11-4-13(18-2)15-14(5-11)19-9-20-15/h4-5,10,12H,3,6-9,16H2,1-2H3. The first-order chi connectivity index (χ1) is 9.65. The molecule has 3 rings (SSSR count). The Morgan fingerprint density at radius 1 is 1.35 bits per heavy atom. The Bertz CT molecular complexity index is 482. The van der Waals surface area contributed by atoms with Gasteiger partial charge in [-0.2, -0.15) is 0 Å². The van der Waals surface area contributed by atoms with E-state index >= 15 is 0 Å². The number of likely N-dealkylation sites (tertiary alicyclic amines) is 1. The molecule has 1 fully saturated rings. The zero-order valence-electron chi connectivity index (χ0n) is 12.1. The molecule has 1 aromatic rings. The second kappa shape index (κ2) is 5.50. The second-order valence-corrected chi connectivity index (χ2v) is 5.83. The second-order valence-electron chi connectivity index (χ2n) is 5.83. The number of methoxy groups -OCH3 is 1. The Morgan fingerprint density at radius 3 is 2.95 bits per heavy atom. The van der Waals surface area contributed by atoms with Crippen LogP contribution in [0.25, 0.3) is 0 Å². The average molecular weight is 278 g/mol. The fourth-order valence-electron chi connectivity index (χ4n) is 3.18. The molecule has 0 aromatic heterocycles. The smallest absolute Gasteiger partial charge is 0.231 e. The minimum Gasteiger partial charge on any atom is -0.493 e. The van der Waals surface area contributed by atoms with Gasteiger partial charge in [-0.3, -0.25) is 4.90 Å². The lowest BCUT2D eigenvalue weighted by Crippen LogP contribution is -2.45. The number of fused-ring (bicyclic) bond motifs is 1. The van der Waals surface area contributed by atoms with Crippen LogP contribution in [0.5, 0.6) is 17.2 Å². The van der Waals surface area contributed by atoms with E-state index < -0.39 is 0 Å². The molecule has 0 bridgehead atoms. The third kappa shape index (κ3) is 2.69. The maximum Gasteiger partial charge on any atom is 0.231 e. The number of hydrogen-bond acceptors (Lipinski definition) is 5. The summed E-state index contributed by atoms with van der Waals surface area (Å²) in [5, 5.41) is 0. The molecule has 1 aromatic carbocycles. The molecule has 5 nitrogen and oxygen atoms in total. The average Bonchev–Trinajstić information content (AvgIpc) is 2.84. The highest BCUT2D eigenvalue weighted by atomic mass is 16.7. The molecule has 0 amide bonds. The highest BCUT2D eigenvalue weighted by Gasteiger charge is 2.24. The van der Waals surface area contributed by atoms with Crippen molar-refractivity contribution in [1.82, 2.24) is 4.90 Å². The monoisotopic (exact) mass is 278 g/mol. The zero-order valence-corrected chi connectivity index (χ0v) is 12.1. The normalized spacial score (nSPS) is 25.8. The molecule has 2 aliphatic rings. The molecule has 1 saturated heterocycles. The van der Waals surface area contributed by atoms with Gasteiger partial charge >= 0.3 is 0 Å². The van der Waals surface area contributed by atoms with Crippen molar-refractivity contribution in [2.24, 2.45) is 11.7 Å². The van der Waals surface area contributed by atoms with Gasteiger partial charge in [0.25, 0.3) is 0 Å². The summed E-state index contributed by atoms with van der Waals surface area (Å²) >= 11 is 0. The van der Waals surface area contributed by atoms with Crippen LogP contribution in [-0.4, -0.2) is 37.9 Å². The Kier molecular flexibility index (Phi) is 3.72. The zero-order chi connectivity index (χ0) is 14.1. The van der Waals surface area contributed by atoms with Gasteiger partial charge in [-0.1, -0.05) is 6.92 Å². The Morgan fingerprint density at radius 2 is 2.20 bits per heavy atom. The van der Waals surface area contributed by atoms with E-state index in [1.54, 1.807) is 7.11 Å². The third-order valence-electron chi connectivity index (χ3n) is 3.89. The quantitative estimate of drug-likeness (QED) is 0.910. The number of benzene rings is 1. The van der Waals surface area contributed by atoms with Gasteiger partial charge in [0, 0.05) is 25.7 Å². The summed E-state index contributed by atoms with van der Waals surface area (Å²) in [5.41, 5.74) is 7.28. The summed E-state index contributed by atoms with van der Waals surface area (Å²) in [5.74, 6) is 2.87. The molecule has 0 radical (unpaired) electrons. The predicted molar refractivity (Wildman–Crippen MR) is 76.2 cm³/mol. The van der Waals surface area contributed by atoms with Crippen molar-refractivity contribution in [3.63, 3.8) is 0 Å². The van der Waals surface area contributed by atoms with Crippen molar-refractivity contribution in [2.45, 2.75) is 25.9 Å². The predicted octanol–water partition coefficient (Wildman–Crippen LogP) is 1.59. The van der Waals surface area contributed by atoms with Crippen LogP contribution in [0.2, 0.25) is 0 Å². The van der Waals surface area contributed by atoms with Crippen LogP contribution in [0.1, 0.15) is 18.9 Å². The van der Waals surface area contributed by atoms with Gasteiger partial charge in [0.05, 0.1) is 7.11 Å². The van der Waals surface area contributed by atoms with E-state index in [1.165, 1.54) is 5.56 Å². The summed E-state index contributed by atoms with van der Waals surface area (Å²) in [6, 6.07) is 4.34. The largest absolute Gasteiger partial charge is 0.493 e. The SMILES string of the molecule is COc1cc(CN2CC(C)CC(N)C2)cc2c1OCO2. The molecule has 2 aliphatic heterocycles. The minimum atomic E-state index is 0.265. The summed E-state index contributed by atoms with van der Waals surface area (Å²) in [7, 11) is 1.65. The fraction of sp³-hybridized carbons (Fsp3) is 0.600. The molecule has 0 saturated carbocycles. The summed E-state index contributed by atoms with van der Waals surface area (Å²) in [6.45, 7) is 5.42. The number of hydrogen-bond donors (Lipinski definition) is 1. The Labute approximate surface area is 119 Å². The fourth-order valence-corrected chi connectivity index (χ4v) is 3.18. The van der Waals surface area contributed by atoms with Crippen LogP contribution in [-0.2, 0) is 6.54 Å². The molecule has 5 heteroatoms. The number of nitrogens with two attached hydrogens (primary N) is 1. The van der Waals surface area contributed by atoms with Crippen LogP contribution in [0.15, 0.2) is 12.1 Å². The van der Waals surface area contributed by atoms with E-state index in [-0.39, 0.29) is 12.8 Å². The summed E-state index contributed by atoms with van der Waals surface area (Å²) < 4.78 is 16.3. The van der Waals surface area contributed by atoms with E-state index in [0.29, 0.717) is 11.7 Å². The first-order valence-corrected chi connectivity index (χ1v) is 7.10. The van der Waals surface area contributed by atoms with Crippen molar-refractivity contribution < 1.29 is 14.2 Å². The molecule has 110 valence electrons. The van der Waals surface area contributed by atoms with Crippen LogP contribution in [0.3, 0.4) is 0 Å². The highest BCUT2D eigenvalue weighted by Crippen LogP contribution is 2.42. The van der Waals surface area contributed by atoms with Gasteiger partial charge in [0.15, 0.2) is 11.5 Å². The lowest BCUT2D eigenvalue weighted by Gasteiger charge is -2.34. The molecule has 0 spiro atoms. The molecule has 20 heavy (non-hydrogen) atoms. The van der Waals surface area contributed by atoms with Gasteiger partial charge < -0.3 is 19.9 Å². The first-order valence-electron chi connectivity index (χ1n) is 7.10. The molecule has 2 atom stereocenters. The van der Waals surface area contributed by atoms with Gasteiger partial charge in [0.1, 0.15) is 0 Å². The lowest BCUT2D eigenvalue weighted by atomic mass is 9.96. The van der Waals surface area contributed by atoms with E-state index in [2.05, 4.69) is 11.8 Å². The van der Waals surface area contributed by atoms with Gasteiger partial charge in [-0.25, -0.2) is 0 Å². The van der Waals surface area contributed by atoms with Crippen LogP contribution >= 0.6 is 0 Å².